The molecule has 1 aromatic rings. The molecule has 3 nitrogen and oxygen atoms in total. The zero-order valence-electron chi connectivity index (χ0n) is 12.2. The molecule has 0 aliphatic rings. The summed E-state index contributed by atoms with van der Waals surface area (Å²) in [7, 11) is 2.21. The van der Waals surface area contributed by atoms with Crippen LogP contribution in [0.5, 0.6) is 0 Å². The molecule has 0 saturated carbocycles. The average molecular weight is 249 g/mol. The lowest BCUT2D eigenvalue weighted by Crippen LogP contribution is -2.47. The van der Waals surface area contributed by atoms with Crippen LogP contribution >= 0.6 is 0 Å². The van der Waals surface area contributed by atoms with Crippen LogP contribution in [0.25, 0.3) is 0 Å². The molecule has 1 heterocycles. The van der Waals surface area contributed by atoms with E-state index in [1.807, 2.05) is 12.4 Å². The van der Waals surface area contributed by atoms with Crippen LogP contribution in [0.15, 0.2) is 24.5 Å². The van der Waals surface area contributed by atoms with Crippen LogP contribution in [-0.2, 0) is 6.42 Å². The number of nitrogens with one attached hydrogen (secondary N) is 1. The molecule has 102 valence electrons. The van der Waals surface area contributed by atoms with Crippen LogP contribution in [0.2, 0.25) is 0 Å². The lowest BCUT2D eigenvalue weighted by molar-refractivity contribution is 0.206. The van der Waals surface area contributed by atoms with Crippen molar-refractivity contribution in [1.82, 2.24) is 15.2 Å². The van der Waals surface area contributed by atoms with E-state index in [4.69, 9.17) is 0 Å². The van der Waals surface area contributed by atoms with Crippen molar-refractivity contribution in [2.75, 3.05) is 20.1 Å². The molecule has 2 atom stereocenters. The summed E-state index contributed by atoms with van der Waals surface area (Å²) in [6.07, 6.45) is 6.00. The molecule has 0 aliphatic carbocycles. The summed E-state index contributed by atoms with van der Waals surface area (Å²) in [4.78, 5) is 6.49. The predicted octanol–water partition coefficient (Wildman–Crippen LogP) is 2.33. The highest BCUT2D eigenvalue weighted by Crippen LogP contribution is 2.07. The monoisotopic (exact) mass is 249 g/mol. The van der Waals surface area contributed by atoms with Crippen LogP contribution in [0.3, 0.4) is 0 Å². The zero-order valence-corrected chi connectivity index (χ0v) is 12.2. The molecule has 3 heteroatoms. The largest absolute Gasteiger partial charge is 0.313 e. The molecule has 1 rings (SSSR count). The molecule has 0 amide bonds. The van der Waals surface area contributed by atoms with Crippen molar-refractivity contribution in [3.05, 3.63) is 30.1 Å². The molecule has 0 bridgehead atoms. The normalized spacial score (nSPS) is 14.7. The molecule has 2 unspecified atom stereocenters. The molecule has 18 heavy (non-hydrogen) atoms. The Hall–Kier alpha value is -0.930. The fraction of sp³-hybridized carbons (Fsp3) is 0.667. The van der Waals surface area contributed by atoms with Gasteiger partial charge in [0.1, 0.15) is 0 Å². The molecule has 0 aliphatic heterocycles. The molecule has 0 fully saturated rings. The fourth-order valence-corrected chi connectivity index (χ4v) is 2.28. The van der Waals surface area contributed by atoms with Gasteiger partial charge in [0.15, 0.2) is 0 Å². The minimum absolute atomic E-state index is 0.566. The second-order valence-electron chi connectivity index (χ2n) is 4.90. The molecule has 0 saturated heterocycles. The van der Waals surface area contributed by atoms with Crippen molar-refractivity contribution >= 4 is 0 Å². The molecular formula is C15H27N3. The van der Waals surface area contributed by atoms with Crippen molar-refractivity contribution in [3.8, 4) is 0 Å². The standard InChI is InChI=1S/C15H27N3/c1-5-15(17-6-2)13(3)18(4)12-9-14-7-10-16-11-8-14/h7-8,10-11,13,15,17H,5-6,9,12H2,1-4H3. The van der Waals surface area contributed by atoms with Crippen molar-refractivity contribution in [2.24, 2.45) is 0 Å². The van der Waals surface area contributed by atoms with Crippen molar-refractivity contribution in [1.29, 1.82) is 0 Å². The van der Waals surface area contributed by atoms with E-state index in [2.05, 4.69) is 55.2 Å². The van der Waals surface area contributed by atoms with Gasteiger partial charge in [0.25, 0.3) is 0 Å². The van der Waals surface area contributed by atoms with Gasteiger partial charge in [0.2, 0.25) is 0 Å². The number of pyridine rings is 1. The lowest BCUT2D eigenvalue weighted by Gasteiger charge is -2.32. The summed E-state index contributed by atoms with van der Waals surface area (Å²) < 4.78 is 0. The second-order valence-corrected chi connectivity index (χ2v) is 4.90. The highest BCUT2D eigenvalue weighted by atomic mass is 15.2. The number of nitrogens with zero attached hydrogens (tertiary/aromatic N) is 2. The molecular weight excluding hydrogens is 222 g/mol. The van der Waals surface area contributed by atoms with Gasteiger partial charge >= 0.3 is 0 Å². The topological polar surface area (TPSA) is 28.2 Å². The Morgan fingerprint density at radius 2 is 1.94 bits per heavy atom. The first-order valence-corrected chi connectivity index (χ1v) is 7.01. The Morgan fingerprint density at radius 3 is 2.50 bits per heavy atom. The highest BCUT2D eigenvalue weighted by molar-refractivity contribution is 5.09. The number of rotatable bonds is 8. The third kappa shape index (κ3) is 4.75. The van der Waals surface area contributed by atoms with Gasteiger partial charge in [0, 0.05) is 31.0 Å². The first kappa shape index (κ1) is 15.1. The van der Waals surface area contributed by atoms with E-state index in [9.17, 15) is 0 Å². The van der Waals surface area contributed by atoms with E-state index in [-0.39, 0.29) is 0 Å². The molecule has 0 spiro atoms. The van der Waals surface area contributed by atoms with E-state index in [0.717, 1.165) is 19.5 Å². The third-order valence-corrected chi connectivity index (χ3v) is 3.69. The van der Waals surface area contributed by atoms with E-state index in [1.54, 1.807) is 0 Å². The first-order valence-electron chi connectivity index (χ1n) is 7.01. The Morgan fingerprint density at radius 1 is 1.28 bits per heavy atom. The van der Waals surface area contributed by atoms with Gasteiger partial charge in [-0.05, 0) is 51.1 Å². The van der Waals surface area contributed by atoms with Gasteiger partial charge in [-0.2, -0.15) is 0 Å². The van der Waals surface area contributed by atoms with Gasteiger partial charge in [0.05, 0.1) is 0 Å². The van der Waals surface area contributed by atoms with Crippen LogP contribution in [0, 0.1) is 0 Å². The van der Waals surface area contributed by atoms with E-state index >= 15 is 0 Å². The predicted molar refractivity (Wildman–Crippen MR) is 77.8 cm³/mol. The number of aromatic nitrogens is 1. The molecule has 1 N–H and O–H groups in total. The first-order chi connectivity index (χ1) is 8.69. The van der Waals surface area contributed by atoms with Crippen molar-refractivity contribution < 1.29 is 0 Å². The number of hydrogen-bond acceptors (Lipinski definition) is 3. The summed E-state index contributed by atoms with van der Waals surface area (Å²) >= 11 is 0. The van der Waals surface area contributed by atoms with E-state index in [0.29, 0.717) is 12.1 Å². The van der Waals surface area contributed by atoms with E-state index < -0.39 is 0 Å². The third-order valence-electron chi connectivity index (χ3n) is 3.69. The van der Waals surface area contributed by atoms with Crippen LogP contribution in [0.1, 0.15) is 32.8 Å². The molecule has 0 aromatic carbocycles. The van der Waals surface area contributed by atoms with Crippen LogP contribution in [-0.4, -0.2) is 42.1 Å². The zero-order chi connectivity index (χ0) is 13.4. The minimum atomic E-state index is 0.566. The van der Waals surface area contributed by atoms with Crippen molar-refractivity contribution in [3.63, 3.8) is 0 Å². The quantitative estimate of drug-likeness (QED) is 0.766. The van der Waals surface area contributed by atoms with Crippen LogP contribution < -0.4 is 5.32 Å². The number of hydrogen-bond donors (Lipinski definition) is 1. The van der Waals surface area contributed by atoms with Crippen LogP contribution in [0.4, 0.5) is 0 Å². The highest BCUT2D eigenvalue weighted by Gasteiger charge is 2.18. The molecule has 1 aromatic heterocycles. The van der Waals surface area contributed by atoms with Gasteiger partial charge in [-0.1, -0.05) is 13.8 Å². The Balaban J connectivity index is 2.41. The Bertz CT molecular complexity index is 313. The maximum absolute atomic E-state index is 4.05. The molecule has 0 radical (unpaired) electrons. The van der Waals surface area contributed by atoms with Gasteiger partial charge in [-0.15, -0.1) is 0 Å². The second kappa shape index (κ2) is 8.22. The summed E-state index contributed by atoms with van der Waals surface area (Å²) in [5.41, 5.74) is 1.36. The number of likely N-dealkylation sites (N-methyl/N-ethyl adjacent to an activating group) is 2. The summed E-state index contributed by atoms with van der Waals surface area (Å²) in [6.45, 7) is 8.87. The smallest absolute Gasteiger partial charge is 0.0270 e. The van der Waals surface area contributed by atoms with Crippen molar-refractivity contribution in [2.45, 2.75) is 45.7 Å². The van der Waals surface area contributed by atoms with Gasteiger partial charge in [-0.3, -0.25) is 4.98 Å². The average Bonchev–Trinajstić information content (AvgIpc) is 2.42. The summed E-state index contributed by atoms with van der Waals surface area (Å²) in [6, 6.07) is 5.34. The maximum atomic E-state index is 4.05. The Labute approximate surface area is 112 Å². The SMILES string of the molecule is CCNC(CC)C(C)N(C)CCc1ccncc1. The van der Waals surface area contributed by atoms with E-state index in [1.165, 1.54) is 12.0 Å². The fourth-order valence-electron chi connectivity index (χ4n) is 2.28. The summed E-state index contributed by atoms with van der Waals surface area (Å²) in [5, 5.41) is 3.56. The minimum Gasteiger partial charge on any atom is -0.313 e. The summed E-state index contributed by atoms with van der Waals surface area (Å²) in [5.74, 6) is 0. The van der Waals surface area contributed by atoms with Gasteiger partial charge in [-0.25, -0.2) is 0 Å². The lowest BCUT2D eigenvalue weighted by atomic mass is 10.1. The van der Waals surface area contributed by atoms with Gasteiger partial charge < -0.3 is 10.2 Å². The Kier molecular flexibility index (Phi) is 6.91. The maximum Gasteiger partial charge on any atom is 0.0270 e.